The zero-order chi connectivity index (χ0) is 14.1. The Hall–Kier alpha value is -1.80. The second kappa shape index (κ2) is 4.83. The number of anilines is 1. The number of benzene rings is 1. The maximum absolute atomic E-state index is 12.6. The number of amides is 1. The first-order valence-corrected chi connectivity index (χ1v) is 4.28. The van der Waals surface area contributed by atoms with Crippen LogP contribution in [-0.2, 0) is 4.79 Å². The number of carbonyl (C=O) groups is 1. The summed E-state index contributed by atoms with van der Waals surface area (Å²) in [5.74, 6) is -12.9. The summed E-state index contributed by atoms with van der Waals surface area (Å²) in [5, 5.41) is 1.16. The molecule has 1 rings (SSSR count). The molecular weight excluding hydrogens is 271 g/mol. The number of rotatable bonds is 3. The lowest BCUT2D eigenvalue weighted by molar-refractivity contribution is -0.163. The van der Waals surface area contributed by atoms with E-state index in [9.17, 15) is 35.5 Å². The highest BCUT2D eigenvalue weighted by Gasteiger charge is 2.49. The number of alkyl halides is 4. The zero-order valence-corrected chi connectivity index (χ0v) is 8.29. The Labute approximate surface area is 95.4 Å². The molecule has 0 aliphatic carbocycles. The maximum Gasteiger partial charge on any atom is 0.383 e. The minimum Gasteiger partial charge on any atom is -0.320 e. The largest absolute Gasteiger partial charge is 0.383 e. The average molecular weight is 275 g/mol. The van der Waals surface area contributed by atoms with Crippen LogP contribution in [-0.4, -0.2) is 18.3 Å². The lowest BCUT2D eigenvalue weighted by Gasteiger charge is -2.14. The monoisotopic (exact) mass is 275 g/mol. The molecule has 0 unspecified atom stereocenters. The minimum atomic E-state index is -5.03. The van der Waals surface area contributed by atoms with Gasteiger partial charge in [-0.05, 0) is 0 Å². The Balaban J connectivity index is 2.96. The van der Waals surface area contributed by atoms with Crippen LogP contribution in [0.25, 0.3) is 0 Å². The summed E-state index contributed by atoms with van der Waals surface area (Å²) >= 11 is 0. The molecule has 0 radical (unpaired) electrons. The van der Waals surface area contributed by atoms with E-state index >= 15 is 0 Å². The fourth-order valence-corrected chi connectivity index (χ4v) is 0.941. The third-order valence-corrected chi connectivity index (χ3v) is 1.82. The molecule has 1 aromatic rings. The van der Waals surface area contributed by atoms with E-state index in [1.807, 2.05) is 0 Å². The quantitative estimate of drug-likeness (QED) is 0.667. The van der Waals surface area contributed by atoms with Crippen molar-refractivity contribution in [2.24, 2.45) is 0 Å². The van der Waals surface area contributed by atoms with E-state index in [1.165, 1.54) is 0 Å². The first-order chi connectivity index (χ1) is 8.16. The van der Waals surface area contributed by atoms with Gasteiger partial charge in [-0.15, -0.1) is 0 Å². The van der Waals surface area contributed by atoms with Gasteiger partial charge in [0.15, 0.2) is 17.5 Å². The van der Waals surface area contributed by atoms with Crippen LogP contribution in [0.5, 0.6) is 0 Å². The Morgan fingerprint density at radius 1 is 1.11 bits per heavy atom. The van der Waals surface area contributed by atoms with Gasteiger partial charge < -0.3 is 5.32 Å². The standard InChI is InChI=1S/C9H4F7NO/c10-4-1-3(2-5(11)6(4)12)17-8(18)9(15,16)7(13)14/h1-2,7H,(H,17,18). The molecule has 0 aromatic heterocycles. The zero-order valence-electron chi connectivity index (χ0n) is 8.29. The number of carbonyl (C=O) groups excluding carboxylic acids is 1. The van der Waals surface area contributed by atoms with Crippen molar-refractivity contribution in [2.45, 2.75) is 12.3 Å². The minimum absolute atomic E-state index is 0.178. The first kappa shape index (κ1) is 14.3. The number of hydrogen-bond acceptors (Lipinski definition) is 1. The van der Waals surface area contributed by atoms with Crippen LogP contribution >= 0.6 is 0 Å². The predicted molar refractivity (Wildman–Crippen MR) is 45.9 cm³/mol. The highest BCUT2D eigenvalue weighted by molar-refractivity contribution is 5.96. The second-order valence-electron chi connectivity index (χ2n) is 3.13. The van der Waals surface area contributed by atoms with Gasteiger partial charge in [0.2, 0.25) is 0 Å². The van der Waals surface area contributed by atoms with Crippen molar-refractivity contribution in [1.29, 1.82) is 0 Å². The molecule has 1 aromatic carbocycles. The summed E-state index contributed by atoms with van der Waals surface area (Å²) in [6.07, 6.45) is -4.28. The lowest BCUT2D eigenvalue weighted by Crippen LogP contribution is -2.41. The molecule has 0 aliphatic heterocycles. The van der Waals surface area contributed by atoms with Crippen molar-refractivity contribution < 1.29 is 35.5 Å². The topological polar surface area (TPSA) is 29.1 Å². The van der Waals surface area contributed by atoms with Gasteiger partial charge in [-0.1, -0.05) is 0 Å². The van der Waals surface area contributed by atoms with Gasteiger partial charge in [0.1, 0.15) is 0 Å². The van der Waals surface area contributed by atoms with Crippen LogP contribution in [0.3, 0.4) is 0 Å². The number of nitrogens with one attached hydrogen (secondary N) is 1. The molecule has 2 nitrogen and oxygen atoms in total. The van der Waals surface area contributed by atoms with Crippen LogP contribution in [0.4, 0.5) is 36.4 Å². The molecule has 0 atom stereocenters. The Bertz CT molecular complexity index is 451. The molecule has 0 saturated heterocycles. The summed E-state index contributed by atoms with van der Waals surface area (Å²) < 4.78 is 86.3. The van der Waals surface area contributed by atoms with Crippen LogP contribution in [0.15, 0.2) is 12.1 Å². The molecule has 0 aliphatic rings. The van der Waals surface area contributed by atoms with Crippen LogP contribution in [0.1, 0.15) is 0 Å². The molecule has 0 bridgehead atoms. The van der Waals surface area contributed by atoms with E-state index in [4.69, 9.17) is 0 Å². The fourth-order valence-electron chi connectivity index (χ4n) is 0.941. The maximum atomic E-state index is 12.6. The van der Waals surface area contributed by atoms with E-state index in [0.29, 0.717) is 0 Å². The van der Waals surface area contributed by atoms with E-state index < -0.39 is 41.4 Å². The van der Waals surface area contributed by atoms with Gasteiger partial charge in [-0.2, -0.15) is 8.78 Å². The highest BCUT2D eigenvalue weighted by atomic mass is 19.3. The van der Waals surface area contributed by atoms with Crippen LogP contribution in [0, 0.1) is 17.5 Å². The molecular formula is C9H4F7NO. The lowest BCUT2D eigenvalue weighted by atomic mass is 10.2. The van der Waals surface area contributed by atoms with Crippen molar-refractivity contribution in [3.63, 3.8) is 0 Å². The summed E-state index contributed by atoms with van der Waals surface area (Å²) in [6.45, 7) is 0. The van der Waals surface area contributed by atoms with Crippen molar-refractivity contribution >= 4 is 11.6 Å². The van der Waals surface area contributed by atoms with E-state index in [-0.39, 0.29) is 12.1 Å². The van der Waals surface area contributed by atoms with Gasteiger partial charge >= 0.3 is 18.3 Å². The van der Waals surface area contributed by atoms with E-state index in [1.54, 1.807) is 0 Å². The van der Waals surface area contributed by atoms with Crippen molar-refractivity contribution in [1.82, 2.24) is 0 Å². The molecule has 1 N–H and O–H groups in total. The normalized spacial score (nSPS) is 11.8. The molecule has 9 heteroatoms. The summed E-state index contributed by atoms with van der Waals surface area (Å²) in [6, 6.07) is 0.357. The van der Waals surface area contributed by atoms with Gasteiger partial charge in [0.05, 0.1) is 0 Å². The SMILES string of the molecule is O=C(Nc1cc(F)c(F)c(F)c1)C(F)(F)C(F)F. The Kier molecular flexibility index (Phi) is 3.82. The van der Waals surface area contributed by atoms with Gasteiger partial charge in [0, 0.05) is 17.8 Å². The number of halogens is 7. The van der Waals surface area contributed by atoms with Crippen molar-refractivity contribution in [3.05, 3.63) is 29.6 Å². The third-order valence-electron chi connectivity index (χ3n) is 1.82. The van der Waals surface area contributed by atoms with Gasteiger partial charge in [-0.3, -0.25) is 4.79 Å². The highest BCUT2D eigenvalue weighted by Crippen LogP contribution is 2.25. The van der Waals surface area contributed by atoms with Crippen LogP contribution in [0.2, 0.25) is 0 Å². The summed E-state index contributed by atoms with van der Waals surface area (Å²) in [5.41, 5.74) is -0.906. The smallest absolute Gasteiger partial charge is 0.320 e. The Morgan fingerprint density at radius 2 is 1.56 bits per heavy atom. The van der Waals surface area contributed by atoms with Gasteiger partial charge in [-0.25, -0.2) is 22.0 Å². The van der Waals surface area contributed by atoms with Crippen molar-refractivity contribution in [2.75, 3.05) is 5.32 Å². The molecule has 18 heavy (non-hydrogen) atoms. The number of hydrogen-bond donors (Lipinski definition) is 1. The van der Waals surface area contributed by atoms with Crippen molar-refractivity contribution in [3.8, 4) is 0 Å². The summed E-state index contributed by atoms with van der Waals surface area (Å²) in [7, 11) is 0. The Morgan fingerprint density at radius 3 is 1.94 bits per heavy atom. The summed E-state index contributed by atoms with van der Waals surface area (Å²) in [4.78, 5) is 10.7. The molecule has 0 saturated carbocycles. The first-order valence-electron chi connectivity index (χ1n) is 4.28. The molecule has 1 amide bonds. The third kappa shape index (κ3) is 2.71. The molecule has 100 valence electrons. The predicted octanol–water partition coefficient (Wildman–Crippen LogP) is 2.94. The fraction of sp³-hybridized carbons (Fsp3) is 0.222. The van der Waals surface area contributed by atoms with E-state index in [2.05, 4.69) is 0 Å². The average Bonchev–Trinajstić information content (AvgIpc) is 2.25. The van der Waals surface area contributed by atoms with E-state index in [0.717, 1.165) is 5.32 Å². The van der Waals surface area contributed by atoms with Crippen LogP contribution < -0.4 is 5.32 Å². The molecule has 0 spiro atoms. The molecule has 0 fully saturated rings. The molecule has 0 heterocycles. The second-order valence-corrected chi connectivity index (χ2v) is 3.13. The van der Waals surface area contributed by atoms with Gasteiger partial charge in [0.25, 0.3) is 0 Å².